The number of para-hydroxylation sites is 1. The number of rotatable bonds is 5. The van der Waals surface area contributed by atoms with Crippen LogP contribution in [0, 0.1) is 11.3 Å². The van der Waals surface area contributed by atoms with E-state index in [1.54, 1.807) is 19.1 Å². The van der Waals surface area contributed by atoms with Crippen LogP contribution in [0.4, 0.5) is 5.69 Å². The molecule has 0 spiro atoms. The molecule has 0 saturated heterocycles. The number of hydrogen-bond acceptors (Lipinski definition) is 3. The van der Waals surface area contributed by atoms with E-state index >= 15 is 0 Å². The quantitative estimate of drug-likeness (QED) is 0.853. The average molecular weight is 343 g/mol. The van der Waals surface area contributed by atoms with Gasteiger partial charge in [-0.1, -0.05) is 43.6 Å². The van der Waals surface area contributed by atoms with Gasteiger partial charge >= 0.3 is 0 Å². The summed E-state index contributed by atoms with van der Waals surface area (Å²) in [5.74, 6) is 0.407. The highest BCUT2D eigenvalue weighted by atomic mass is 35.5. The number of ether oxygens (including phenoxy) is 1. The summed E-state index contributed by atoms with van der Waals surface area (Å²) in [6.45, 7) is 5.80. The van der Waals surface area contributed by atoms with Crippen LogP contribution in [0.1, 0.15) is 37.8 Å². The van der Waals surface area contributed by atoms with Crippen molar-refractivity contribution in [3.63, 3.8) is 0 Å². The zero-order valence-corrected chi connectivity index (χ0v) is 14.6. The maximum absolute atomic E-state index is 12.4. The number of amides is 1. The van der Waals surface area contributed by atoms with Gasteiger partial charge in [-0.3, -0.25) is 4.79 Å². The third kappa shape index (κ3) is 4.27. The van der Waals surface area contributed by atoms with Crippen LogP contribution in [0.15, 0.2) is 42.5 Å². The van der Waals surface area contributed by atoms with Crippen molar-refractivity contribution in [1.29, 1.82) is 5.26 Å². The first-order valence-electron chi connectivity index (χ1n) is 7.68. The molecule has 0 aliphatic rings. The lowest BCUT2D eigenvalue weighted by Crippen LogP contribution is -2.30. The fourth-order valence-electron chi connectivity index (χ4n) is 2.26. The number of hydrogen-bond donors (Lipinski definition) is 1. The van der Waals surface area contributed by atoms with Gasteiger partial charge in [-0.05, 0) is 42.7 Å². The molecule has 0 radical (unpaired) electrons. The fourth-order valence-corrected chi connectivity index (χ4v) is 2.48. The molecule has 2 aromatic carbocycles. The smallest absolute Gasteiger partial charge is 0.265 e. The van der Waals surface area contributed by atoms with Crippen molar-refractivity contribution in [3.05, 3.63) is 58.6 Å². The zero-order chi connectivity index (χ0) is 17.7. The average Bonchev–Trinajstić information content (AvgIpc) is 2.56. The molecule has 0 aromatic heterocycles. The topological polar surface area (TPSA) is 62.1 Å². The second kappa shape index (κ2) is 7.85. The molecule has 0 heterocycles. The van der Waals surface area contributed by atoms with Crippen LogP contribution < -0.4 is 10.1 Å². The number of benzene rings is 2. The maximum atomic E-state index is 12.4. The lowest BCUT2D eigenvalue weighted by Gasteiger charge is -2.18. The Morgan fingerprint density at radius 3 is 2.54 bits per heavy atom. The number of carbonyl (C=O) groups is 1. The summed E-state index contributed by atoms with van der Waals surface area (Å²) in [5, 5.41) is 12.0. The molecule has 124 valence electrons. The molecule has 4 nitrogen and oxygen atoms in total. The molecule has 0 bridgehead atoms. The van der Waals surface area contributed by atoms with E-state index in [4.69, 9.17) is 21.6 Å². The number of nitriles is 1. The van der Waals surface area contributed by atoms with Crippen LogP contribution in [0.3, 0.4) is 0 Å². The normalized spacial score (nSPS) is 11.7. The van der Waals surface area contributed by atoms with Gasteiger partial charge in [-0.25, -0.2) is 0 Å². The molecule has 2 rings (SSSR count). The minimum absolute atomic E-state index is 0.261. The van der Waals surface area contributed by atoms with Crippen LogP contribution in [-0.4, -0.2) is 12.0 Å². The predicted molar refractivity (Wildman–Crippen MR) is 95.4 cm³/mol. The summed E-state index contributed by atoms with van der Waals surface area (Å²) in [5.41, 5.74) is 2.28. The Morgan fingerprint density at radius 2 is 1.92 bits per heavy atom. The van der Waals surface area contributed by atoms with Crippen molar-refractivity contribution >= 4 is 23.2 Å². The zero-order valence-electron chi connectivity index (χ0n) is 13.8. The molecule has 1 unspecified atom stereocenters. The molecule has 2 aromatic rings. The molecule has 1 atom stereocenters. The lowest BCUT2D eigenvalue weighted by atomic mass is 10.0. The van der Waals surface area contributed by atoms with E-state index in [9.17, 15) is 4.79 Å². The molecule has 0 saturated carbocycles. The first-order chi connectivity index (χ1) is 11.4. The van der Waals surface area contributed by atoms with Gasteiger partial charge in [0.05, 0.1) is 16.7 Å². The van der Waals surface area contributed by atoms with Crippen molar-refractivity contribution in [2.24, 2.45) is 0 Å². The number of halogens is 1. The molecule has 24 heavy (non-hydrogen) atoms. The standard InChI is InChI=1S/C19H19ClN2O2/c1-12(2)15-6-4-5-7-17(15)22-19(23)13(3)24-18-9-8-14(11-21)10-16(18)20/h4-10,12-13H,1-3H3,(H,22,23). The summed E-state index contributed by atoms with van der Waals surface area (Å²) in [4.78, 5) is 12.4. The number of nitrogens with one attached hydrogen (secondary N) is 1. The minimum Gasteiger partial charge on any atom is -0.479 e. The first kappa shape index (κ1) is 17.8. The molecule has 0 aliphatic carbocycles. The molecular weight excluding hydrogens is 324 g/mol. The fraction of sp³-hybridized carbons (Fsp3) is 0.263. The molecule has 5 heteroatoms. The second-order valence-corrected chi connectivity index (χ2v) is 6.16. The van der Waals surface area contributed by atoms with Crippen molar-refractivity contribution in [2.45, 2.75) is 32.8 Å². The van der Waals surface area contributed by atoms with Gasteiger partial charge in [-0.2, -0.15) is 5.26 Å². The molecule has 1 amide bonds. The van der Waals surface area contributed by atoms with Crippen LogP contribution in [0.25, 0.3) is 0 Å². The summed E-state index contributed by atoms with van der Waals surface area (Å²) in [6.07, 6.45) is -0.726. The minimum atomic E-state index is -0.726. The largest absolute Gasteiger partial charge is 0.479 e. The van der Waals surface area contributed by atoms with Gasteiger partial charge in [0.15, 0.2) is 6.10 Å². The van der Waals surface area contributed by atoms with Crippen molar-refractivity contribution < 1.29 is 9.53 Å². The summed E-state index contributed by atoms with van der Waals surface area (Å²) < 4.78 is 5.63. The van der Waals surface area contributed by atoms with Crippen LogP contribution in [-0.2, 0) is 4.79 Å². The van der Waals surface area contributed by atoms with E-state index in [1.165, 1.54) is 6.07 Å². The Balaban J connectivity index is 2.10. The van der Waals surface area contributed by atoms with Crippen molar-refractivity contribution in [2.75, 3.05) is 5.32 Å². The molecule has 1 N–H and O–H groups in total. The van der Waals surface area contributed by atoms with Crippen molar-refractivity contribution in [1.82, 2.24) is 0 Å². The Kier molecular flexibility index (Phi) is 5.83. The third-order valence-electron chi connectivity index (χ3n) is 3.57. The predicted octanol–water partition coefficient (Wildman–Crippen LogP) is 4.74. The number of nitrogens with zero attached hydrogens (tertiary/aromatic N) is 1. The van der Waals surface area contributed by atoms with E-state index in [0.29, 0.717) is 22.3 Å². The number of anilines is 1. The number of carbonyl (C=O) groups excluding carboxylic acids is 1. The van der Waals surface area contributed by atoms with Crippen molar-refractivity contribution in [3.8, 4) is 11.8 Å². The van der Waals surface area contributed by atoms with Gasteiger partial charge in [0, 0.05) is 5.69 Å². The highest BCUT2D eigenvalue weighted by molar-refractivity contribution is 6.32. The monoisotopic (exact) mass is 342 g/mol. The van der Waals surface area contributed by atoms with E-state index < -0.39 is 6.10 Å². The SMILES string of the molecule is CC(Oc1ccc(C#N)cc1Cl)C(=O)Nc1ccccc1C(C)C. The van der Waals surface area contributed by atoms with Gasteiger partial charge in [-0.15, -0.1) is 0 Å². The third-order valence-corrected chi connectivity index (χ3v) is 3.87. The van der Waals surface area contributed by atoms with Crippen LogP contribution >= 0.6 is 11.6 Å². The van der Waals surface area contributed by atoms with Crippen LogP contribution in [0.2, 0.25) is 5.02 Å². The Bertz CT molecular complexity index is 781. The maximum Gasteiger partial charge on any atom is 0.265 e. The van der Waals surface area contributed by atoms with Gasteiger partial charge < -0.3 is 10.1 Å². The molecule has 0 fully saturated rings. The van der Waals surface area contributed by atoms with E-state index in [0.717, 1.165) is 11.3 Å². The summed E-state index contributed by atoms with van der Waals surface area (Å²) >= 11 is 6.08. The molecule has 0 aliphatic heterocycles. The Morgan fingerprint density at radius 1 is 1.21 bits per heavy atom. The van der Waals surface area contributed by atoms with Gasteiger partial charge in [0.25, 0.3) is 5.91 Å². The summed E-state index contributed by atoms with van der Waals surface area (Å²) in [6, 6.07) is 14.4. The van der Waals surface area contributed by atoms with E-state index in [-0.39, 0.29) is 5.91 Å². The van der Waals surface area contributed by atoms with E-state index in [1.807, 2.05) is 30.3 Å². The lowest BCUT2D eigenvalue weighted by molar-refractivity contribution is -0.122. The second-order valence-electron chi connectivity index (χ2n) is 5.75. The molecular formula is C19H19ClN2O2. The van der Waals surface area contributed by atoms with Gasteiger partial charge in [0.2, 0.25) is 0 Å². The highest BCUT2D eigenvalue weighted by Crippen LogP contribution is 2.27. The van der Waals surface area contributed by atoms with Crippen LogP contribution in [0.5, 0.6) is 5.75 Å². The summed E-state index contributed by atoms with van der Waals surface area (Å²) in [7, 11) is 0. The van der Waals surface area contributed by atoms with E-state index in [2.05, 4.69) is 19.2 Å². The van der Waals surface area contributed by atoms with Gasteiger partial charge in [0.1, 0.15) is 5.75 Å². The Labute approximate surface area is 147 Å². The Hall–Kier alpha value is -2.51. The highest BCUT2D eigenvalue weighted by Gasteiger charge is 2.18. The first-order valence-corrected chi connectivity index (χ1v) is 8.06.